The van der Waals surface area contributed by atoms with Crippen molar-refractivity contribution in [3.05, 3.63) is 47.5 Å². The fourth-order valence-corrected chi connectivity index (χ4v) is 2.32. The molecule has 0 spiro atoms. The molecule has 0 saturated carbocycles. The monoisotopic (exact) mass is 428 g/mol. The van der Waals surface area contributed by atoms with E-state index >= 15 is 0 Å². The molecular weight excluding hydrogens is 403 g/mol. The highest BCUT2D eigenvalue weighted by atomic mass is 127. The highest BCUT2D eigenvalue weighted by Gasteiger charge is 2.19. The summed E-state index contributed by atoms with van der Waals surface area (Å²) < 4.78 is 0. The lowest BCUT2D eigenvalue weighted by Gasteiger charge is -2.15. The van der Waals surface area contributed by atoms with Crippen LogP contribution in [0.2, 0.25) is 0 Å². The molecule has 3 N–H and O–H groups in total. The third-order valence-electron chi connectivity index (χ3n) is 3.57. The summed E-state index contributed by atoms with van der Waals surface area (Å²) in [6.07, 6.45) is 1.66. The van der Waals surface area contributed by atoms with Gasteiger partial charge in [0, 0.05) is 26.1 Å². The number of benzene rings is 1. The second-order valence-electron chi connectivity index (χ2n) is 5.75. The smallest absolute Gasteiger partial charge is 0.222 e. The maximum atomic E-state index is 11.6. The Kier molecular flexibility index (Phi) is 8.08. The van der Waals surface area contributed by atoms with Crippen molar-refractivity contribution in [2.24, 2.45) is 10.7 Å². The van der Waals surface area contributed by atoms with Crippen LogP contribution in [0.5, 0.6) is 0 Å². The Hall–Kier alpha value is -1.57. The number of carbonyl (C=O) groups is 1. The summed E-state index contributed by atoms with van der Waals surface area (Å²) >= 11 is 0. The minimum absolute atomic E-state index is 0. The fraction of sp³-hybridized carbons (Fsp3) is 0.412. The summed E-state index contributed by atoms with van der Waals surface area (Å²) in [6.45, 7) is 8.48. The Morgan fingerprint density at radius 2 is 2.00 bits per heavy atom. The maximum Gasteiger partial charge on any atom is 0.222 e. The molecule has 126 valence electrons. The number of nitrogens with one attached hydrogen (secondary N) is 1. The zero-order valence-electron chi connectivity index (χ0n) is 13.5. The van der Waals surface area contributed by atoms with Gasteiger partial charge in [-0.1, -0.05) is 36.4 Å². The van der Waals surface area contributed by atoms with Crippen molar-refractivity contribution in [3.8, 4) is 0 Å². The average Bonchev–Trinajstić information content (AvgIpc) is 2.89. The summed E-state index contributed by atoms with van der Waals surface area (Å²) in [5.74, 6) is 0.680. The van der Waals surface area contributed by atoms with Gasteiger partial charge in [0.25, 0.3) is 0 Å². The molecule has 1 aliphatic rings. The highest BCUT2D eigenvalue weighted by molar-refractivity contribution is 14.0. The molecule has 1 fully saturated rings. The predicted molar refractivity (Wildman–Crippen MR) is 105 cm³/mol. The van der Waals surface area contributed by atoms with Crippen LogP contribution in [0.4, 0.5) is 0 Å². The number of nitrogens with zero attached hydrogens (tertiary/aromatic N) is 2. The van der Waals surface area contributed by atoms with Crippen LogP contribution in [-0.2, 0) is 17.9 Å². The van der Waals surface area contributed by atoms with Gasteiger partial charge in [0.05, 0.1) is 6.54 Å². The van der Waals surface area contributed by atoms with E-state index in [4.69, 9.17) is 5.73 Å². The van der Waals surface area contributed by atoms with Crippen LogP contribution in [0, 0.1) is 0 Å². The van der Waals surface area contributed by atoms with Gasteiger partial charge in [0.1, 0.15) is 0 Å². The van der Waals surface area contributed by atoms with Crippen LogP contribution in [0.3, 0.4) is 0 Å². The number of nitrogens with two attached hydrogens (primary N) is 1. The Balaban J connectivity index is 0.00000264. The molecule has 5 nitrogen and oxygen atoms in total. The Bertz CT molecular complexity index is 568. The lowest BCUT2D eigenvalue weighted by Crippen LogP contribution is -2.32. The Morgan fingerprint density at radius 1 is 1.35 bits per heavy atom. The summed E-state index contributed by atoms with van der Waals surface area (Å²) in [5.41, 5.74) is 9.03. The van der Waals surface area contributed by atoms with Crippen LogP contribution in [0.25, 0.3) is 0 Å². The molecule has 1 heterocycles. The van der Waals surface area contributed by atoms with Gasteiger partial charge >= 0.3 is 0 Å². The Labute approximate surface area is 155 Å². The fourth-order valence-electron chi connectivity index (χ4n) is 2.32. The second kappa shape index (κ2) is 9.54. The maximum absolute atomic E-state index is 11.6. The van der Waals surface area contributed by atoms with E-state index in [0.29, 0.717) is 32.0 Å². The minimum Gasteiger partial charge on any atom is -0.370 e. The molecule has 0 unspecified atom stereocenters. The standard InChI is InChI=1S/C17H24N4O.HI/c1-13(2)10-19-17(18)20-11-14-5-7-15(8-6-14)12-21-9-3-4-16(21)22;/h5-8H,1,3-4,9-12H2,2H3,(H3,18,19,20);1H. The first-order valence-electron chi connectivity index (χ1n) is 7.58. The molecule has 1 aliphatic heterocycles. The van der Waals surface area contributed by atoms with Crippen molar-refractivity contribution < 1.29 is 4.79 Å². The van der Waals surface area contributed by atoms with Gasteiger partial charge in [-0.2, -0.15) is 0 Å². The molecule has 23 heavy (non-hydrogen) atoms. The predicted octanol–water partition coefficient (Wildman–Crippen LogP) is 2.41. The largest absolute Gasteiger partial charge is 0.370 e. The zero-order chi connectivity index (χ0) is 15.9. The number of amides is 1. The van der Waals surface area contributed by atoms with Gasteiger partial charge < -0.3 is 16.0 Å². The number of guanidine groups is 1. The first-order chi connectivity index (χ1) is 10.5. The SMILES string of the molecule is C=C(C)CNC(N)=NCc1ccc(CN2CCCC2=O)cc1.I. The molecule has 0 bridgehead atoms. The van der Waals surface area contributed by atoms with Gasteiger partial charge in [-0.05, 0) is 24.5 Å². The number of aliphatic imine (C=N–C) groups is 1. The number of halogens is 1. The number of likely N-dealkylation sites (tertiary alicyclic amines) is 1. The Morgan fingerprint density at radius 3 is 2.57 bits per heavy atom. The zero-order valence-corrected chi connectivity index (χ0v) is 15.9. The van der Waals surface area contributed by atoms with Crippen LogP contribution < -0.4 is 11.1 Å². The van der Waals surface area contributed by atoms with Crippen molar-refractivity contribution in [1.29, 1.82) is 0 Å². The number of hydrogen-bond acceptors (Lipinski definition) is 2. The van der Waals surface area contributed by atoms with Gasteiger partial charge in [-0.15, -0.1) is 24.0 Å². The van der Waals surface area contributed by atoms with E-state index in [1.165, 1.54) is 0 Å². The van der Waals surface area contributed by atoms with E-state index in [1.54, 1.807) is 0 Å². The molecule has 0 atom stereocenters. The molecule has 0 radical (unpaired) electrons. The van der Waals surface area contributed by atoms with E-state index < -0.39 is 0 Å². The molecule has 6 heteroatoms. The van der Waals surface area contributed by atoms with Crippen LogP contribution in [-0.4, -0.2) is 29.9 Å². The quantitative estimate of drug-likeness (QED) is 0.317. The van der Waals surface area contributed by atoms with E-state index in [2.05, 4.69) is 16.9 Å². The molecule has 1 aromatic carbocycles. The first-order valence-corrected chi connectivity index (χ1v) is 7.58. The van der Waals surface area contributed by atoms with E-state index in [0.717, 1.165) is 29.7 Å². The van der Waals surface area contributed by atoms with Gasteiger partial charge in [0.2, 0.25) is 5.91 Å². The summed E-state index contributed by atoms with van der Waals surface area (Å²) in [4.78, 5) is 17.8. The van der Waals surface area contributed by atoms with Crippen molar-refractivity contribution in [3.63, 3.8) is 0 Å². The topological polar surface area (TPSA) is 70.7 Å². The molecule has 1 aromatic rings. The normalized spacial score (nSPS) is 14.6. The minimum atomic E-state index is 0. The highest BCUT2D eigenvalue weighted by Crippen LogP contribution is 2.15. The number of rotatable bonds is 6. The third-order valence-corrected chi connectivity index (χ3v) is 3.57. The number of hydrogen-bond donors (Lipinski definition) is 2. The van der Waals surface area contributed by atoms with Crippen LogP contribution in [0.1, 0.15) is 30.9 Å². The lowest BCUT2D eigenvalue weighted by atomic mass is 10.1. The van der Waals surface area contributed by atoms with E-state index in [1.807, 2.05) is 36.1 Å². The molecule has 2 rings (SSSR count). The van der Waals surface area contributed by atoms with Crippen molar-refractivity contribution in [2.75, 3.05) is 13.1 Å². The summed E-state index contributed by atoms with van der Waals surface area (Å²) in [6, 6.07) is 8.17. The van der Waals surface area contributed by atoms with Crippen LogP contribution in [0.15, 0.2) is 41.4 Å². The second-order valence-corrected chi connectivity index (χ2v) is 5.75. The van der Waals surface area contributed by atoms with E-state index in [-0.39, 0.29) is 29.9 Å². The first kappa shape index (κ1) is 19.5. The molecule has 0 aliphatic carbocycles. The van der Waals surface area contributed by atoms with Crippen LogP contribution >= 0.6 is 24.0 Å². The third kappa shape index (κ3) is 6.60. The summed E-state index contributed by atoms with van der Waals surface area (Å²) in [7, 11) is 0. The van der Waals surface area contributed by atoms with Crippen molar-refractivity contribution in [1.82, 2.24) is 10.2 Å². The van der Waals surface area contributed by atoms with Crippen molar-refractivity contribution in [2.45, 2.75) is 32.9 Å². The molecule has 0 aromatic heterocycles. The van der Waals surface area contributed by atoms with Gasteiger partial charge in [-0.25, -0.2) is 4.99 Å². The van der Waals surface area contributed by atoms with E-state index in [9.17, 15) is 4.79 Å². The lowest BCUT2D eigenvalue weighted by molar-refractivity contribution is -0.128. The molecule has 1 amide bonds. The average molecular weight is 428 g/mol. The summed E-state index contributed by atoms with van der Waals surface area (Å²) in [5, 5.41) is 3.00. The van der Waals surface area contributed by atoms with Gasteiger partial charge in [0.15, 0.2) is 5.96 Å². The number of carbonyl (C=O) groups excluding carboxylic acids is 1. The molecule has 1 saturated heterocycles. The molecular formula is C17H25IN4O. The van der Waals surface area contributed by atoms with Crippen molar-refractivity contribution >= 4 is 35.8 Å². The van der Waals surface area contributed by atoms with Gasteiger partial charge in [-0.3, -0.25) is 4.79 Å².